The number of carbonyl (C=O) groups excluding carboxylic acids is 1. The van der Waals surface area contributed by atoms with E-state index in [0.29, 0.717) is 17.7 Å². The van der Waals surface area contributed by atoms with Crippen LogP contribution in [0.3, 0.4) is 0 Å². The highest BCUT2D eigenvalue weighted by Crippen LogP contribution is 2.29. The molecule has 0 saturated carbocycles. The number of nitrogens with zero attached hydrogens (tertiary/aromatic N) is 4. The Morgan fingerprint density at radius 1 is 1.05 bits per heavy atom. The summed E-state index contributed by atoms with van der Waals surface area (Å²) in [7, 11) is -3.74. The van der Waals surface area contributed by atoms with Gasteiger partial charge in [0, 0.05) is 54.0 Å². The Balaban J connectivity index is 1.32. The molecule has 1 amide bonds. The zero-order valence-electron chi connectivity index (χ0n) is 19.3. The zero-order chi connectivity index (χ0) is 26.6. The van der Waals surface area contributed by atoms with E-state index in [4.69, 9.17) is 0 Å². The molecule has 1 fully saturated rings. The third kappa shape index (κ3) is 6.07. The summed E-state index contributed by atoms with van der Waals surface area (Å²) in [5.41, 5.74) is -0.00521. The minimum atomic E-state index is -3.74. The summed E-state index contributed by atoms with van der Waals surface area (Å²) in [4.78, 5) is 37.8. The number of rotatable bonds is 9. The van der Waals surface area contributed by atoms with Crippen molar-refractivity contribution in [3.8, 4) is 0 Å². The SMILES string of the molecule is O=C(NCc1ccc(S(=O)(=O)N2CCC(Nc3ncccc3[N+](=O)[O-])CC2)s1)c1ccc([N+](=O)[O-])cc1. The van der Waals surface area contributed by atoms with Crippen LogP contribution in [0.25, 0.3) is 0 Å². The normalized spacial score (nSPS) is 14.7. The fourth-order valence-corrected chi connectivity index (χ4v) is 6.73. The fraction of sp³-hybridized carbons (Fsp3) is 0.273. The minimum absolute atomic E-state index is 0.102. The molecule has 2 N–H and O–H groups in total. The average molecular weight is 547 g/mol. The number of pyridine rings is 1. The van der Waals surface area contributed by atoms with Crippen molar-refractivity contribution in [3.05, 3.63) is 85.4 Å². The molecule has 0 aliphatic carbocycles. The number of anilines is 1. The van der Waals surface area contributed by atoms with Crippen LogP contribution in [0.2, 0.25) is 0 Å². The second kappa shape index (κ2) is 11.0. The van der Waals surface area contributed by atoms with Crippen LogP contribution in [0, 0.1) is 20.2 Å². The highest BCUT2D eigenvalue weighted by Gasteiger charge is 2.31. The molecule has 1 aromatic carbocycles. The number of hydrogen-bond acceptors (Lipinski definition) is 10. The first kappa shape index (κ1) is 26.1. The van der Waals surface area contributed by atoms with Crippen LogP contribution >= 0.6 is 11.3 Å². The van der Waals surface area contributed by atoms with Gasteiger partial charge in [-0.3, -0.25) is 25.0 Å². The summed E-state index contributed by atoms with van der Waals surface area (Å²) in [6.45, 7) is 0.584. The molecular weight excluding hydrogens is 524 g/mol. The lowest BCUT2D eigenvalue weighted by molar-refractivity contribution is -0.384. The summed E-state index contributed by atoms with van der Waals surface area (Å²) >= 11 is 1.05. The van der Waals surface area contributed by atoms with Crippen molar-refractivity contribution < 1.29 is 23.1 Å². The van der Waals surface area contributed by atoms with Gasteiger partial charge in [-0.15, -0.1) is 11.3 Å². The van der Waals surface area contributed by atoms with Gasteiger partial charge in [0.05, 0.1) is 16.4 Å². The van der Waals surface area contributed by atoms with Crippen LogP contribution in [0.15, 0.2) is 58.9 Å². The zero-order valence-corrected chi connectivity index (χ0v) is 20.9. The Hall–Kier alpha value is -3.95. The predicted octanol–water partition coefficient (Wildman–Crippen LogP) is 3.15. The molecule has 0 unspecified atom stereocenters. The van der Waals surface area contributed by atoms with E-state index in [-0.39, 0.29) is 52.6 Å². The van der Waals surface area contributed by atoms with Gasteiger partial charge in [0.1, 0.15) is 4.21 Å². The second-order valence-corrected chi connectivity index (χ2v) is 11.5. The molecule has 3 aromatic rings. The first-order chi connectivity index (χ1) is 17.6. The van der Waals surface area contributed by atoms with Crippen molar-refractivity contribution in [2.75, 3.05) is 18.4 Å². The molecule has 13 nitrogen and oxygen atoms in total. The van der Waals surface area contributed by atoms with E-state index in [1.54, 1.807) is 6.07 Å². The lowest BCUT2D eigenvalue weighted by Crippen LogP contribution is -2.42. The third-order valence-electron chi connectivity index (χ3n) is 5.77. The number of carbonyl (C=O) groups is 1. The van der Waals surface area contributed by atoms with Gasteiger partial charge in [0.2, 0.25) is 5.82 Å². The maximum Gasteiger partial charge on any atom is 0.311 e. The van der Waals surface area contributed by atoms with E-state index >= 15 is 0 Å². The fourth-order valence-electron chi connectivity index (χ4n) is 3.81. The molecular formula is C22H22N6O7S2. The summed E-state index contributed by atoms with van der Waals surface area (Å²) in [6, 6.07) is 11.0. The van der Waals surface area contributed by atoms with Gasteiger partial charge in [-0.1, -0.05) is 0 Å². The predicted molar refractivity (Wildman–Crippen MR) is 135 cm³/mol. The van der Waals surface area contributed by atoms with Crippen molar-refractivity contribution in [1.82, 2.24) is 14.6 Å². The number of aromatic nitrogens is 1. The Morgan fingerprint density at radius 2 is 1.76 bits per heavy atom. The standard InChI is InChI=1S/C22H22N6O7S2/c29-22(15-3-5-17(6-4-15)27(30)31)24-14-18-7-8-20(36-18)37(34,35)26-12-9-16(10-13-26)25-21-19(28(32)33)2-1-11-23-21/h1-8,11,16H,9-10,12-14H2,(H,23,25)(H,24,29). The van der Waals surface area contributed by atoms with Crippen LogP contribution in [0.4, 0.5) is 17.2 Å². The highest BCUT2D eigenvalue weighted by atomic mass is 32.2. The van der Waals surface area contributed by atoms with Gasteiger partial charge in [0.25, 0.3) is 21.6 Å². The maximum atomic E-state index is 13.1. The monoisotopic (exact) mass is 546 g/mol. The number of hydrogen-bond donors (Lipinski definition) is 2. The van der Waals surface area contributed by atoms with Crippen molar-refractivity contribution in [1.29, 1.82) is 0 Å². The van der Waals surface area contributed by atoms with E-state index in [0.717, 1.165) is 11.3 Å². The number of amides is 1. The van der Waals surface area contributed by atoms with Crippen molar-refractivity contribution >= 4 is 44.5 Å². The molecule has 194 valence electrons. The first-order valence-electron chi connectivity index (χ1n) is 11.1. The van der Waals surface area contributed by atoms with Gasteiger partial charge in [-0.05, 0) is 43.2 Å². The van der Waals surface area contributed by atoms with Crippen molar-refractivity contribution in [2.45, 2.75) is 29.6 Å². The van der Waals surface area contributed by atoms with Crippen molar-refractivity contribution in [2.24, 2.45) is 0 Å². The van der Waals surface area contributed by atoms with Gasteiger partial charge >= 0.3 is 5.69 Å². The number of piperidine rings is 1. The Morgan fingerprint density at radius 3 is 2.41 bits per heavy atom. The van der Waals surface area contributed by atoms with E-state index in [9.17, 15) is 33.4 Å². The van der Waals surface area contributed by atoms with Gasteiger partial charge in [-0.25, -0.2) is 13.4 Å². The van der Waals surface area contributed by atoms with Gasteiger partial charge < -0.3 is 10.6 Å². The van der Waals surface area contributed by atoms with Crippen LogP contribution in [0.5, 0.6) is 0 Å². The molecule has 2 aromatic heterocycles. The molecule has 0 bridgehead atoms. The van der Waals surface area contributed by atoms with Gasteiger partial charge in [-0.2, -0.15) is 4.31 Å². The highest BCUT2D eigenvalue weighted by molar-refractivity contribution is 7.91. The van der Waals surface area contributed by atoms with E-state index < -0.39 is 25.8 Å². The lowest BCUT2D eigenvalue weighted by atomic mass is 10.1. The first-order valence-corrected chi connectivity index (χ1v) is 13.4. The minimum Gasteiger partial charge on any atom is -0.362 e. The van der Waals surface area contributed by atoms with E-state index in [1.807, 2.05) is 0 Å². The Kier molecular flexibility index (Phi) is 7.75. The smallest absolute Gasteiger partial charge is 0.311 e. The second-order valence-electron chi connectivity index (χ2n) is 8.16. The van der Waals surface area contributed by atoms with E-state index in [2.05, 4.69) is 15.6 Å². The molecule has 1 aliphatic rings. The Bertz CT molecular complexity index is 1420. The van der Waals surface area contributed by atoms with Gasteiger partial charge in [0.15, 0.2) is 0 Å². The summed E-state index contributed by atoms with van der Waals surface area (Å²) in [5.74, 6) is -0.275. The summed E-state index contributed by atoms with van der Waals surface area (Å²) < 4.78 is 27.8. The summed E-state index contributed by atoms with van der Waals surface area (Å²) in [5, 5.41) is 27.7. The number of benzene rings is 1. The molecule has 0 spiro atoms. The topological polar surface area (TPSA) is 178 Å². The molecule has 1 saturated heterocycles. The molecule has 37 heavy (non-hydrogen) atoms. The van der Waals surface area contributed by atoms with Crippen LogP contribution in [0.1, 0.15) is 28.1 Å². The third-order valence-corrected chi connectivity index (χ3v) is 9.22. The number of nitro benzene ring substituents is 1. The number of non-ortho nitro benzene ring substituents is 1. The molecule has 0 atom stereocenters. The van der Waals surface area contributed by atoms with E-state index in [1.165, 1.54) is 53.0 Å². The summed E-state index contributed by atoms with van der Waals surface area (Å²) in [6.07, 6.45) is 2.37. The van der Waals surface area contributed by atoms with Crippen LogP contribution in [-0.2, 0) is 16.6 Å². The Labute approximate surface area is 215 Å². The maximum absolute atomic E-state index is 13.1. The van der Waals surface area contributed by atoms with Crippen LogP contribution in [-0.4, -0.2) is 52.6 Å². The molecule has 4 rings (SSSR count). The lowest BCUT2D eigenvalue weighted by Gasteiger charge is -2.31. The largest absolute Gasteiger partial charge is 0.362 e. The number of sulfonamides is 1. The number of nitro groups is 2. The quantitative estimate of drug-likeness (QED) is 0.301. The number of nitrogens with one attached hydrogen (secondary N) is 2. The number of thiophene rings is 1. The van der Waals surface area contributed by atoms with Crippen LogP contribution < -0.4 is 10.6 Å². The molecule has 15 heteroatoms. The molecule has 3 heterocycles. The average Bonchev–Trinajstić information content (AvgIpc) is 3.38. The molecule has 0 radical (unpaired) electrons. The van der Waals surface area contributed by atoms with Crippen molar-refractivity contribution in [3.63, 3.8) is 0 Å². The molecule has 1 aliphatic heterocycles.